The smallest absolute Gasteiger partial charge is 0.271 e. The molecule has 0 bridgehead atoms. The summed E-state index contributed by atoms with van der Waals surface area (Å²) in [6, 6.07) is 5.18. The molecule has 2 rings (SSSR count). The Bertz CT molecular complexity index is 490. The lowest BCUT2D eigenvalue weighted by molar-refractivity contribution is -0.384. The first-order valence-corrected chi connectivity index (χ1v) is 6.35. The zero-order valence-electron chi connectivity index (χ0n) is 11.5. The number of nitrogens with zero attached hydrogens (tertiary/aromatic N) is 3. The van der Waals surface area contributed by atoms with Crippen LogP contribution in [-0.4, -0.2) is 43.0 Å². The van der Waals surface area contributed by atoms with Gasteiger partial charge in [0.25, 0.3) is 5.69 Å². The van der Waals surface area contributed by atoms with Crippen LogP contribution in [0.4, 0.5) is 17.1 Å². The van der Waals surface area contributed by atoms with Gasteiger partial charge in [-0.2, -0.15) is 0 Å². The maximum absolute atomic E-state index is 10.7. The molecule has 0 amide bonds. The Morgan fingerprint density at radius 3 is 2.58 bits per heavy atom. The minimum atomic E-state index is -0.421. The van der Waals surface area contributed by atoms with E-state index in [0.717, 1.165) is 18.8 Å². The number of rotatable bonds is 3. The summed E-state index contributed by atoms with van der Waals surface area (Å²) < 4.78 is 0. The highest BCUT2D eigenvalue weighted by atomic mass is 16.6. The Balaban J connectivity index is 2.22. The van der Waals surface area contributed by atoms with E-state index in [-0.39, 0.29) is 5.69 Å². The summed E-state index contributed by atoms with van der Waals surface area (Å²) in [6.07, 6.45) is 0. The second kappa shape index (κ2) is 5.05. The normalized spacial score (nSPS) is 23.1. The van der Waals surface area contributed by atoms with Crippen LogP contribution >= 0.6 is 0 Å². The van der Waals surface area contributed by atoms with Crippen LogP contribution < -0.4 is 10.6 Å². The first kappa shape index (κ1) is 13.6. The predicted octanol–water partition coefficient (Wildman–Crippen LogP) is 1.56. The number of likely N-dealkylation sites (N-methyl/N-ethyl adjacent to an activating group) is 1. The Morgan fingerprint density at radius 2 is 2.11 bits per heavy atom. The van der Waals surface area contributed by atoms with Crippen LogP contribution in [0.5, 0.6) is 0 Å². The summed E-state index contributed by atoms with van der Waals surface area (Å²) in [7, 11) is 4.15. The van der Waals surface area contributed by atoms with Gasteiger partial charge in [-0.15, -0.1) is 0 Å². The van der Waals surface area contributed by atoms with Crippen LogP contribution in [0, 0.1) is 16.0 Å². The van der Waals surface area contributed by atoms with E-state index in [1.165, 1.54) is 12.1 Å². The van der Waals surface area contributed by atoms with E-state index in [4.69, 9.17) is 5.73 Å². The number of anilines is 2. The maximum Gasteiger partial charge on any atom is 0.271 e. The van der Waals surface area contributed by atoms with Crippen molar-refractivity contribution in [2.24, 2.45) is 5.92 Å². The van der Waals surface area contributed by atoms with Crippen molar-refractivity contribution in [1.82, 2.24) is 4.90 Å². The average Bonchev–Trinajstić information content (AvgIpc) is 2.71. The lowest BCUT2D eigenvalue weighted by Crippen LogP contribution is -2.34. The molecule has 0 spiro atoms. The van der Waals surface area contributed by atoms with Gasteiger partial charge in [-0.1, -0.05) is 6.92 Å². The third kappa shape index (κ3) is 2.63. The van der Waals surface area contributed by atoms with Gasteiger partial charge >= 0.3 is 0 Å². The molecule has 104 valence electrons. The molecule has 1 aromatic rings. The van der Waals surface area contributed by atoms with Crippen LogP contribution in [-0.2, 0) is 0 Å². The van der Waals surface area contributed by atoms with Gasteiger partial charge in [0.15, 0.2) is 0 Å². The third-order valence-corrected chi connectivity index (χ3v) is 3.80. The van der Waals surface area contributed by atoms with E-state index in [1.54, 1.807) is 6.07 Å². The number of nitro groups is 1. The van der Waals surface area contributed by atoms with Crippen LogP contribution in [0.3, 0.4) is 0 Å². The Labute approximate surface area is 112 Å². The molecule has 6 nitrogen and oxygen atoms in total. The van der Waals surface area contributed by atoms with Gasteiger partial charge in [0.1, 0.15) is 0 Å². The standard InChI is InChI=1S/C13H20N4O2/c1-9-7-16(8-13(9)15(2)3)12-5-4-10(17(18)19)6-11(12)14/h4-6,9,13H,7-8,14H2,1-3H3. The first-order chi connectivity index (χ1) is 8.90. The third-order valence-electron chi connectivity index (χ3n) is 3.80. The van der Waals surface area contributed by atoms with E-state index in [0.29, 0.717) is 17.6 Å². The molecule has 1 aliphatic heterocycles. The van der Waals surface area contributed by atoms with Crippen LogP contribution in [0.25, 0.3) is 0 Å². The SMILES string of the molecule is CC1CN(c2ccc([N+](=O)[O-])cc2N)CC1N(C)C. The number of nitrogens with two attached hydrogens (primary N) is 1. The largest absolute Gasteiger partial charge is 0.397 e. The molecule has 0 aromatic heterocycles. The van der Waals surface area contributed by atoms with Gasteiger partial charge in [0.05, 0.1) is 16.3 Å². The first-order valence-electron chi connectivity index (χ1n) is 6.35. The number of nitrogen functional groups attached to an aromatic ring is 1. The van der Waals surface area contributed by atoms with E-state index >= 15 is 0 Å². The van der Waals surface area contributed by atoms with E-state index in [9.17, 15) is 10.1 Å². The lowest BCUT2D eigenvalue weighted by atomic mass is 10.1. The molecule has 1 fully saturated rings. The van der Waals surface area contributed by atoms with Gasteiger partial charge < -0.3 is 15.5 Å². The number of benzene rings is 1. The molecule has 1 saturated heterocycles. The molecule has 1 aliphatic rings. The molecule has 2 unspecified atom stereocenters. The van der Waals surface area contributed by atoms with Crippen LogP contribution in [0.1, 0.15) is 6.92 Å². The summed E-state index contributed by atoms with van der Waals surface area (Å²) >= 11 is 0. The molecule has 19 heavy (non-hydrogen) atoms. The zero-order valence-corrected chi connectivity index (χ0v) is 11.5. The lowest BCUT2D eigenvalue weighted by Gasteiger charge is -2.23. The second-order valence-corrected chi connectivity index (χ2v) is 5.41. The summed E-state index contributed by atoms with van der Waals surface area (Å²) in [4.78, 5) is 14.7. The van der Waals surface area contributed by atoms with Crippen molar-refractivity contribution >= 4 is 17.1 Å². The molecule has 0 aliphatic carbocycles. The highest BCUT2D eigenvalue weighted by molar-refractivity contribution is 5.71. The predicted molar refractivity (Wildman–Crippen MR) is 76.4 cm³/mol. The number of nitro benzene ring substituents is 1. The molecule has 6 heteroatoms. The maximum atomic E-state index is 10.7. The molecule has 1 aromatic carbocycles. The number of hydrogen-bond acceptors (Lipinski definition) is 5. The van der Waals surface area contributed by atoms with Crippen molar-refractivity contribution in [1.29, 1.82) is 0 Å². The fourth-order valence-corrected chi connectivity index (χ4v) is 2.76. The minimum Gasteiger partial charge on any atom is -0.397 e. The number of non-ortho nitro benzene ring substituents is 1. The van der Waals surface area contributed by atoms with Crippen molar-refractivity contribution < 1.29 is 4.92 Å². The summed E-state index contributed by atoms with van der Waals surface area (Å²) in [6.45, 7) is 4.04. The van der Waals surface area contributed by atoms with Crippen molar-refractivity contribution in [3.63, 3.8) is 0 Å². The van der Waals surface area contributed by atoms with Gasteiger partial charge in [0.2, 0.25) is 0 Å². The Hall–Kier alpha value is -1.82. The van der Waals surface area contributed by atoms with E-state index in [1.807, 2.05) is 0 Å². The molecule has 2 atom stereocenters. The van der Waals surface area contributed by atoms with Gasteiger partial charge in [0, 0.05) is 31.3 Å². The second-order valence-electron chi connectivity index (χ2n) is 5.41. The quantitative estimate of drug-likeness (QED) is 0.509. The highest BCUT2D eigenvalue weighted by Gasteiger charge is 2.32. The minimum absolute atomic E-state index is 0.0395. The van der Waals surface area contributed by atoms with Crippen molar-refractivity contribution in [2.45, 2.75) is 13.0 Å². The molecule has 0 saturated carbocycles. The molecule has 2 N–H and O–H groups in total. The molecular weight excluding hydrogens is 244 g/mol. The number of hydrogen-bond donors (Lipinski definition) is 1. The van der Waals surface area contributed by atoms with Crippen LogP contribution in [0.2, 0.25) is 0 Å². The molecule has 1 heterocycles. The monoisotopic (exact) mass is 264 g/mol. The Morgan fingerprint density at radius 1 is 1.42 bits per heavy atom. The zero-order chi connectivity index (χ0) is 14.2. The van der Waals surface area contributed by atoms with E-state index in [2.05, 4.69) is 30.8 Å². The summed E-state index contributed by atoms with van der Waals surface area (Å²) in [5.74, 6) is 0.546. The van der Waals surface area contributed by atoms with Crippen LogP contribution in [0.15, 0.2) is 18.2 Å². The van der Waals surface area contributed by atoms with Crippen molar-refractivity contribution in [3.05, 3.63) is 28.3 Å². The van der Waals surface area contributed by atoms with E-state index < -0.39 is 4.92 Å². The van der Waals surface area contributed by atoms with Crippen molar-refractivity contribution in [2.75, 3.05) is 37.8 Å². The van der Waals surface area contributed by atoms with Gasteiger partial charge in [-0.3, -0.25) is 10.1 Å². The highest BCUT2D eigenvalue weighted by Crippen LogP contribution is 2.32. The summed E-state index contributed by atoms with van der Waals surface area (Å²) in [5.41, 5.74) is 7.35. The topological polar surface area (TPSA) is 75.6 Å². The average molecular weight is 264 g/mol. The molecule has 0 radical (unpaired) electrons. The van der Waals surface area contributed by atoms with Crippen molar-refractivity contribution in [3.8, 4) is 0 Å². The fraction of sp³-hybridized carbons (Fsp3) is 0.538. The summed E-state index contributed by atoms with van der Waals surface area (Å²) in [5, 5.41) is 10.7. The Kier molecular flexibility index (Phi) is 3.61. The van der Waals surface area contributed by atoms with Gasteiger partial charge in [-0.05, 0) is 26.1 Å². The molecular formula is C13H20N4O2. The van der Waals surface area contributed by atoms with Gasteiger partial charge in [-0.25, -0.2) is 0 Å². The fourth-order valence-electron chi connectivity index (χ4n) is 2.76.